The second kappa shape index (κ2) is 6.49. The standard InChI is InChI=1S/C20H28N2O2/c1-24-14-18-19(23)22(17-6-3-2-4-7-17)15-20(18)10-12-21(13-11-20)16-8-5-9-16/h2-4,6-7,16,18H,5,8-15H2,1H3/t18-/m1/s1. The topological polar surface area (TPSA) is 32.8 Å². The number of hydrogen-bond donors (Lipinski definition) is 0. The predicted molar refractivity (Wildman–Crippen MR) is 95.0 cm³/mol. The van der Waals surface area contributed by atoms with Crippen LogP contribution in [0.5, 0.6) is 0 Å². The van der Waals surface area contributed by atoms with E-state index in [1.54, 1.807) is 7.11 Å². The van der Waals surface area contributed by atoms with E-state index < -0.39 is 0 Å². The van der Waals surface area contributed by atoms with Gasteiger partial charge >= 0.3 is 0 Å². The fraction of sp³-hybridized carbons (Fsp3) is 0.650. The maximum atomic E-state index is 13.1. The summed E-state index contributed by atoms with van der Waals surface area (Å²) in [5.74, 6) is 0.256. The Hall–Kier alpha value is -1.39. The second-order valence-electron chi connectivity index (χ2n) is 7.75. The highest BCUT2D eigenvalue weighted by Crippen LogP contribution is 2.47. The number of carbonyl (C=O) groups is 1. The number of methoxy groups -OCH3 is 1. The van der Waals surface area contributed by atoms with Gasteiger partial charge in [-0.3, -0.25) is 4.79 Å². The molecule has 0 bridgehead atoms. The predicted octanol–water partition coefficient (Wildman–Crippen LogP) is 2.93. The van der Waals surface area contributed by atoms with Crippen molar-refractivity contribution in [3.63, 3.8) is 0 Å². The summed E-state index contributed by atoms with van der Waals surface area (Å²) in [6.07, 6.45) is 6.35. The van der Waals surface area contributed by atoms with Gasteiger partial charge in [0.2, 0.25) is 5.91 Å². The van der Waals surface area contributed by atoms with Crippen LogP contribution < -0.4 is 4.90 Å². The Morgan fingerprint density at radius 2 is 1.88 bits per heavy atom. The van der Waals surface area contributed by atoms with Crippen LogP contribution in [-0.2, 0) is 9.53 Å². The zero-order chi connectivity index (χ0) is 16.6. The maximum Gasteiger partial charge on any atom is 0.233 e. The Morgan fingerprint density at radius 1 is 1.17 bits per heavy atom. The van der Waals surface area contributed by atoms with Crippen molar-refractivity contribution >= 4 is 11.6 Å². The number of benzene rings is 1. The third-order valence-corrected chi connectivity index (χ3v) is 6.56. The molecule has 1 aliphatic carbocycles. The number of nitrogens with zero attached hydrogens (tertiary/aromatic N) is 2. The summed E-state index contributed by atoms with van der Waals surface area (Å²) >= 11 is 0. The molecule has 130 valence electrons. The third kappa shape index (κ3) is 2.66. The van der Waals surface area contributed by atoms with E-state index in [1.165, 1.54) is 19.3 Å². The Labute approximate surface area is 144 Å². The van der Waals surface area contributed by atoms with E-state index in [-0.39, 0.29) is 17.2 Å². The first-order chi connectivity index (χ1) is 11.7. The molecule has 2 saturated heterocycles. The Kier molecular flexibility index (Phi) is 4.35. The van der Waals surface area contributed by atoms with Gasteiger partial charge in [-0.25, -0.2) is 0 Å². The lowest BCUT2D eigenvalue weighted by molar-refractivity contribution is -0.125. The van der Waals surface area contributed by atoms with Gasteiger partial charge in [-0.1, -0.05) is 24.6 Å². The van der Waals surface area contributed by atoms with Gasteiger partial charge in [-0.15, -0.1) is 0 Å². The van der Waals surface area contributed by atoms with Crippen LogP contribution in [0, 0.1) is 11.3 Å². The molecule has 1 aromatic rings. The zero-order valence-electron chi connectivity index (χ0n) is 14.6. The summed E-state index contributed by atoms with van der Waals surface area (Å²) < 4.78 is 5.45. The van der Waals surface area contributed by atoms with Crippen LogP contribution in [0.1, 0.15) is 32.1 Å². The van der Waals surface area contributed by atoms with E-state index in [4.69, 9.17) is 4.74 Å². The molecule has 2 heterocycles. The summed E-state index contributed by atoms with van der Waals surface area (Å²) in [7, 11) is 1.72. The van der Waals surface area contributed by atoms with Crippen molar-refractivity contribution in [1.82, 2.24) is 4.90 Å². The van der Waals surface area contributed by atoms with Crippen molar-refractivity contribution in [2.75, 3.05) is 38.3 Å². The SMILES string of the molecule is COC[C@@H]1C(=O)N(c2ccccc2)CC12CCN(C1CCC1)CC2. The molecule has 0 N–H and O–H groups in total. The molecule has 4 rings (SSSR count). The lowest BCUT2D eigenvalue weighted by Crippen LogP contribution is -2.50. The summed E-state index contributed by atoms with van der Waals surface area (Å²) in [6, 6.07) is 10.9. The van der Waals surface area contributed by atoms with Crippen molar-refractivity contribution in [1.29, 1.82) is 0 Å². The highest BCUT2D eigenvalue weighted by molar-refractivity contribution is 5.98. The lowest BCUT2D eigenvalue weighted by Gasteiger charge is -2.46. The normalized spacial score (nSPS) is 27.6. The van der Waals surface area contributed by atoms with E-state index in [0.29, 0.717) is 6.61 Å². The minimum absolute atomic E-state index is 0.00578. The molecule has 1 spiro atoms. The Balaban J connectivity index is 1.54. The van der Waals surface area contributed by atoms with Crippen molar-refractivity contribution < 1.29 is 9.53 Å². The number of amides is 1. The molecular formula is C20H28N2O2. The largest absolute Gasteiger partial charge is 0.384 e. The molecule has 4 nitrogen and oxygen atoms in total. The van der Waals surface area contributed by atoms with Crippen molar-refractivity contribution in [3.8, 4) is 0 Å². The second-order valence-corrected chi connectivity index (χ2v) is 7.75. The molecule has 0 aromatic heterocycles. The first kappa shape index (κ1) is 16.1. The molecule has 1 saturated carbocycles. The highest BCUT2D eigenvalue weighted by atomic mass is 16.5. The Bertz CT molecular complexity index is 577. The fourth-order valence-corrected chi connectivity index (χ4v) is 4.79. The molecule has 4 heteroatoms. The number of hydrogen-bond acceptors (Lipinski definition) is 3. The van der Waals surface area contributed by atoms with Gasteiger partial charge in [0.1, 0.15) is 0 Å². The molecule has 3 fully saturated rings. The molecular weight excluding hydrogens is 300 g/mol. The zero-order valence-corrected chi connectivity index (χ0v) is 14.6. The minimum atomic E-state index is 0.00578. The molecule has 2 aliphatic heterocycles. The van der Waals surface area contributed by atoms with Gasteiger partial charge in [0.25, 0.3) is 0 Å². The minimum Gasteiger partial charge on any atom is -0.384 e. The van der Waals surface area contributed by atoms with Crippen LogP contribution in [0.2, 0.25) is 0 Å². The molecule has 3 aliphatic rings. The number of piperidine rings is 1. The molecule has 0 unspecified atom stereocenters. The van der Waals surface area contributed by atoms with Crippen LogP contribution in [0.4, 0.5) is 5.69 Å². The molecule has 1 amide bonds. The Morgan fingerprint density at radius 3 is 2.46 bits per heavy atom. The van der Waals surface area contributed by atoms with E-state index in [0.717, 1.165) is 44.2 Å². The maximum absolute atomic E-state index is 13.1. The summed E-state index contributed by atoms with van der Waals surface area (Å²) in [5, 5.41) is 0. The molecule has 0 radical (unpaired) electrons. The van der Waals surface area contributed by atoms with Crippen molar-refractivity contribution in [2.24, 2.45) is 11.3 Å². The van der Waals surface area contributed by atoms with Gasteiger partial charge in [0, 0.05) is 30.8 Å². The number of ether oxygens (including phenoxy) is 1. The van der Waals surface area contributed by atoms with E-state index in [2.05, 4.69) is 4.90 Å². The summed E-state index contributed by atoms with van der Waals surface area (Å²) in [5.41, 5.74) is 1.12. The van der Waals surface area contributed by atoms with Gasteiger partial charge < -0.3 is 14.5 Å². The van der Waals surface area contributed by atoms with Crippen LogP contribution in [0.3, 0.4) is 0 Å². The molecule has 1 atom stereocenters. The van der Waals surface area contributed by atoms with Crippen molar-refractivity contribution in [2.45, 2.75) is 38.1 Å². The van der Waals surface area contributed by atoms with Crippen LogP contribution in [0.15, 0.2) is 30.3 Å². The average Bonchev–Trinajstić information content (AvgIpc) is 2.83. The molecule has 1 aromatic carbocycles. The van der Waals surface area contributed by atoms with Crippen LogP contribution >= 0.6 is 0 Å². The van der Waals surface area contributed by atoms with Gasteiger partial charge in [-0.2, -0.15) is 0 Å². The van der Waals surface area contributed by atoms with Gasteiger partial charge in [-0.05, 0) is 50.9 Å². The third-order valence-electron chi connectivity index (χ3n) is 6.56. The van der Waals surface area contributed by atoms with E-state index in [1.807, 2.05) is 35.2 Å². The van der Waals surface area contributed by atoms with Crippen LogP contribution in [0.25, 0.3) is 0 Å². The monoisotopic (exact) mass is 328 g/mol. The summed E-state index contributed by atoms with van der Waals surface area (Å²) in [4.78, 5) is 17.7. The first-order valence-electron chi connectivity index (χ1n) is 9.33. The number of carbonyl (C=O) groups excluding carboxylic acids is 1. The molecule has 24 heavy (non-hydrogen) atoms. The van der Waals surface area contributed by atoms with Gasteiger partial charge in [0.05, 0.1) is 12.5 Å². The quantitative estimate of drug-likeness (QED) is 0.852. The van der Waals surface area contributed by atoms with E-state index >= 15 is 0 Å². The van der Waals surface area contributed by atoms with Crippen LogP contribution in [-0.4, -0.2) is 50.2 Å². The fourth-order valence-electron chi connectivity index (χ4n) is 4.79. The van der Waals surface area contributed by atoms with Crippen molar-refractivity contribution in [3.05, 3.63) is 30.3 Å². The highest BCUT2D eigenvalue weighted by Gasteiger charge is 2.53. The number of anilines is 1. The average molecular weight is 328 g/mol. The number of likely N-dealkylation sites (tertiary alicyclic amines) is 1. The first-order valence-corrected chi connectivity index (χ1v) is 9.33. The smallest absolute Gasteiger partial charge is 0.233 e. The number of para-hydroxylation sites is 1. The van der Waals surface area contributed by atoms with E-state index in [9.17, 15) is 4.79 Å². The van der Waals surface area contributed by atoms with Gasteiger partial charge in [0.15, 0.2) is 0 Å². The number of rotatable bonds is 4. The lowest BCUT2D eigenvalue weighted by atomic mass is 9.70. The summed E-state index contributed by atoms with van der Waals surface area (Å²) in [6.45, 7) is 3.68.